The van der Waals surface area contributed by atoms with Crippen LogP contribution in [0.15, 0.2) is 0 Å². The van der Waals surface area contributed by atoms with Crippen molar-refractivity contribution >= 4 is 17.6 Å². The highest BCUT2D eigenvalue weighted by molar-refractivity contribution is 5.77. The molecule has 0 spiro atoms. The maximum Gasteiger partial charge on any atom is 0.334 e. The van der Waals surface area contributed by atoms with Crippen LogP contribution in [0.3, 0.4) is 0 Å². The smallest absolute Gasteiger partial charge is 0.334 e. The number of nitrogens with zero attached hydrogens (tertiary/aromatic N) is 3. The molecule has 20 heavy (non-hydrogen) atoms. The van der Waals surface area contributed by atoms with Gasteiger partial charge in [0.1, 0.15) is 17.9 Å². The van der Waals surface area contributed by atoms with E-state index in [0.29, 0.717) is 0 Å². The summed E-state index contributed by atoms with van der Waals surface area (Å²) in [5.41, 5.74) is 0.246. The van der Waals surface area contributed by atoms with E-state index in [1.807, 2.05) is 0 Å². The number of carboxylic acids is 1. The van der Waals surface area contributed by atoms with Gasteiger partial charge in [-0.25, -0.2) is 4.79 Å². The first-order valence-electron chi connectivity index (χ1n) is 5.60. The highest BCUT2D eigenvalue weighted by Gasteiger charge is 2.23. The van der Waals surface area contributed by atoms with E-state index >= 15 is 0 Å². The largest absolute Gasteiger partial charge is 0.479 e. The molecule has 10 nitrogen and oxygen atoms in total. The molecule has 0 aliphatic carbocycles. The van der Waals surface area contributed by atoms with Gasteiger partial charge in [0, 0.05) is 0 Å². The third-order valence-corrected chi connectivity index (χ3v) is 2.60. The summed E-state index contributed by atoms with van der Waals surface area (Å²) in [6.07, 6.45) is -1.70. The number of carbonyl (C=O) groups excluding carboxylic acids is 1. The van der Waals surface area contributed by atoms with Crippen LogP contribution in [0, 0.1) is 24.0 Å². The Morgan fingerprint density at radius 2 is 2.10 bits per heavy atom. The van der Waals surface area contributed by atoms with Crippen molar-refractivity contribution in [2.45, 2.75) is 26.5 Å². The van der Waals surface area contributed by atoms with Crippen molar-refractivity contribution < 1.29 is 24.7 Å². The van der Waals surface area contributed by atoms with Crippen LogP contribution >= 0.6 is 0 Å². The number of nitrogens with one attached hydrogen (secondary N) is 1. The number of aromatic nitrogens is 2. The predicted molar refractivity (Wildman–Crippen MR) is 65.0 cm³/mol. The SMILES string of the molecule is Cc1nn(CC(=O)NC[C@H](O)C(=O)O)c(C)c1[N+](=O)[O-]. The van der Waals surface area contributed by atoms with E-state index in [0.717, 1.165) is 4.68 Å². The van der Waals surface area contributed by atoms with Gasteiger partial charge in [0.2, 0.25) is 5.91 Å². The van der Waals surface area contributed by atoms with Gasteiger partial charge in [-0.05, 0) is 13.8 Å². The van der Waals surface area contributed by atoms with Gasteiger partial charge in [-0.3, -0.25) is 19.6 Å². The molecule has 110 valence electrons. The van der Waals surface area contributed by atoms with E-state index in [9.17, 15) is 19.7 Å². The van der Waals surface area contributed by atoms with Crippen molar-refractivity contribution in [2.75, 3.05) is 6.54 Å². The molecule has 1 aromatic rings. The fraction of sp³-hybridized carbons (Fsp3) is 0.500. The predicted octanol–water partition coefficient (Wildman–Crippen LogP) is -1.03. The molecule has 1 amide bonds. The number of rotatable bonds is 6. The lowest BCUT2D eigenvalue weighted by Gasteiger charge is -2.08. The topological polar surface area (TPSA) is 148 Å². The summed E-state index contributed by atoms with van der Waals surface area (Å²) in [4.78, 5) is 32.1. The number of hydrogen-bond donors (Lipinski definition) is 3. The number of aliphatic carboxylic acids is 1. The van der Waals surface area contributed by atoms with Crippen molar-refractivity contribution in [2.24, 2.45) is 0 Å². The number of nitro groups is 1. The van der Waals surface area contributed by atoms with Crippen LogP contribution in [0.4, 0.5) is 5.69 Å². The number of aryl methyl sites for hydroxylation is 1. The van der Waals surface area contributed by atoms with Crippen LogP contribution in [-0.2, 0) is 16.1 Å². The fourth-order valence-electron chi connectivity index (χ4n) is 1.60. The lowest BCUT2D eigenvalue weighted by atomic mass is 10.3. The van der Waals surface area contributed by atoms with Gasteiger partial charge in [0.05, 0.1) is 11.5 Å². The summed E-state index contributed by atoms with van der Waals surface area (Å²) in [5.74, 6) is -2.06. The zero-order valence-corrected chi connectivity index (χ0v) is 10.9. The molecular weight excluding hydrogens is 272 g/mol. The second-order valence-corrected chi connectivity index (χ2v) is 4.09. The summed E-state index contributed by atoms with van der Waals surface area (Å²) in [6, 6.07) is 0. The van der Waals surface area contributed by atoms with Gasteiger partial charge in [-0.1, -0.05) is 0 Å². The van der Waals surface area contributed by atoms with E-state index in [-0.39, 0.29) is 23.6 Å². The number of aliphatic hydroxyl groups excluding tert-OH is 1. The number of carboxylic acid groups (broad SMARTS) is 1. The Balaban J connectivity index is 2.70. The lowest BCUT2D eigenvalue weighted by molar-refractivity contribution is -0.386. The second-order valence-electron chi connectivity index (χ2n) is 4.09. The molecular formula is C10H14N4O6. The summed E-state index contributed by atoms with van der Waals surface area (Å²) >= 11 is 0. The average molecular weight is 286 g/mol. The molecule has 10 heteroatoms. The Morgan fingerprint density at radius 3 is 2.55 bits per heavy atom. The minimum atomic E-state index is -1.70. The fourth-order valence-corrected chi connectivity index (χ4v) is 1.60. The standard InChI is InChI=1S/C10H14N4O6/c1-5-9(14(19)20)6(2)13(12-5)4-8(16)11-3-7(15)10(17)18/h7,15H,3-4H2,1-2H3,(H,11,16)(H,17,18)/t7-/m0/s1. The molecule has 1 heterocycles. The molecule has 0 aliphatic heterocycles. The van der Waals surface area contributed by atoms with Gasteiger partial charge < -0.3 is 15.5 Å². The average Bonchev–Trinajstić information content (AvgIpc) is 2.61. The third kappa shape index (κ3) is 3.51. The van der Waals surface area contributed by atoms with Gasteiger partial charge in [0.15, 0.2) is 6.10 Å². The molecule has 1 atom stereocenters. The molecule has 0 bridgehead atoms. The van der Waals surface area contributed by atoms with Gasteiger partial charge in [-0.2, -0.15) is 5.10 Å². The van der Waals surface area contributed by atoms with Crippen molar-refractivity contribution in [1.82, 2.24) is 15.1 Å². The van der Waals surface area contributed by atoms with E-state index < -0.39 is 29.4 Å². The number of hydrogen-bond acceptors (Lipinski definition) is 6. The summed E-state index contributed by atoms with van der Waals surface area (Å²) in [5, 5.41) is 34.3. The van der Waals surface area contributed by atoms with Crippen LogP contribution in [0.5, 0.6) is 0 Å². The number of amides is 1. The molecule has 0 unspecified atom stereocenters. The first-order chi connectivity index (χ1) is 9.23. The Bertz CT molecular complexity index is 552. The molecule has 0 saturated heterocycles. The van der Waals surface area contributed by atoms with Crippen LogP contribution in [-0.4, -0.2) is 49.4 Å². The molecule has 1 rings (SSSR count). The van der Waals surface area contributed by atoms with E-state index in [2.05, 4.69) is 10.4 Å². The first kappa shape index (κ1) is 15.6. The monoisotopic (exact) mass is 286 g/mol. The molecule has 3 N–H and O–H groups in total. The number of aliphatic hydroxyl groups is 1. The minimum absolute atomic E-state index is 0.164. The van der Waals surface area contributed by atoms with Crippen LogP contribution < -0.4 is 5.32 Å². The zero-order chi connectivity index (χ0) is 15.4. The highest BCUT2D eigenvalue weighted by atomic mass is 16.6. The quantitative estimate of drug-likeness (QED) is 0.447. The summed E-state index contributed by atoms with van der Waals surface area (Å²) in [6.45, 7) is 2.16. The summed E-state index contributed by atoms with van der Waals surface area (Å²) in [7, 11) is 0. The molecule has 0 radical (unpaired) electrons. The van der Waals surface area contributed by atoms with E-state index in [1.165, 1.54) is 13.8 Å². The Labute approximate surface area is 113 Å². The highest BCUT2D eigenvalue weighted by Crippen LogP contribution is 2.21. The van der Waals surface area contributed by atoms with Crippen molar-refractivity contribution in [3.8, 4) is 0 Å². The maximum atomic E-state index is 11.5. The van der Waals surface area contributed by atoms with Crippen molar-refractivity contribution in [3.63, 3.8) is 0 Å². The molecule has 0 aromatic carbocycles. The second kappa shape index (κ2) is 6.10. The lowest BCUT2D eigenvalue weighted by Crippen LogP contribution is -2.38. The van der Waals surface area contributed by atoms with E-state index in [1.54, 1.807) is 0 Å². The van der Waals surface area contributed by atoms with Crippen LogP contribution in [0.25, 0.3) is 0 Å². The van der Waals surface area contributed by atoms with Crippen molar-refractivity contribution in [1.29, 1.82) is 0 Å². The molecule has 0 saturated carbocycles. The molecule has 0 aliphatic rings. The number of carbonyl (C=O) groups is 2. The zero-order valence-electron chi connectivity index (χ0n) is 10.9. The summed E-state index contributed by atoms with van der Waals surface area (Å²) < 4.78 is 1.15. The Kier molecular flexibility index (Phi) is 4.75. The van der Waals surface area contributed by atoms with Gasteiger partial charge >= 0.3 is 11.7 Å². The van der Waals surface area contributed by atoms with Crippen molar-refractivity contribution in [3.05, 3.63) is 21.5 Å². The molecule has 1 aromatic heterocycles. The molecule has 0 fully saturated rings. The third-order valence-electron chi connectivity index (χ3n) is 2.60. The Hall–Kier alpha value is -2.49. The van der Waals surface area contributed by atoms with Gasteiger partial charge in [-0.15, -0.1) is 0 Å². The van der Waals surface area contributed by atoms with E-state index in [4.69, 9.17) is 10.2 Å². The Morgan fingerprint density at radius 1 is 1.50 bits per heavy atom. The van der Waals surface area contributed by atoms with Gasteiger partial charge in [0.25, 0.3) is 0 Å². The maximum absolute atomic E-state index is 11.5. The normalized spacial score (nSPS) is 11.9. The van der Waals surface area contributed by atoms with Crippen LogP contribution in [0.1, 0.15) is 11.4 Å². The minimum Gasteiger partial charge on any atom is -0.479 e. The first-order valence-corrected chi connectivity index (χ1v) is 5.60. The van der Waals surface area contributed by atoms with Crippen LogP contribution in [0.2, 0.25) is 0 Å².